The van der Waals surface area contributed by atoms with E-state index in [4.69, 9.17) is 5.11 Å². The minimum Gasteiger partial charge on any atom is -0.478 e. The maximum Gasteiger partial charge on any atom is 0.335 e. The summed E-state index contributed by atoms with van der Waals surface area (Å²) in [6.45, 7) is 0.385. The Bertz CT molecular complexity index is 734. The summed E-state index contributed by atoms with van der Waals surface area (Å²) in [6.07, 6.45) is 1.55. The van der Waals surface area contributed by atoms with Crippen LogP contribution in [0.2, 0.25) is 0 Å². The van der Waals surface area contributed by atoms with Gasteiger partial charge < -0.3 is 10.4 Å². The first-order valence-electron chi connectivity index (χ1n) is 7.88. The van der Waals surface area contributed by atoms with Crippen LogP contribution in [0.3, 0.4) is 0 Å². The largest absolute Gasteiger partial charge is 0.478 e. The van der Waals surface area contributed by atoms with Crippen molar-refractivity contribution in [1.29, 1.82) is 0 Å². The molecule has 0 aliphatic heterocycles. The third kappa shape index (κ3) is 3.62. The molecular formula is C19H18FNO3. The van der Waals surface area contributed by atoms with Gasteiger partial charge in [0.1, 0.15) is 5.82 Å². The Morgan fingerprint density at radius 2 is 1.67 bits per heavy atom. The highest BCUT2D eigenvalue weighted by atomic mass is 19.1. The van der Waals surface area contributed by atoms with Crippen molar-refractivity contribution < 1.29 is 19.1 Å². The van der Waals surface area contributed by atoms with E-state index in [-0.39, 0.29) is 23.2 Å². The van der Waals surface area contributed by atoms with Crippen LogP contribution in [0.25, 0.3) is 0 Å². The molecule has 2 aromatic rings. The fourth-order valence-electron chi connectivity index (χ4n) is 2.94. The minimum atomic E-state index is -0.966. The molecule has 0 saturated heterocycles. The first-order chi connectivity index (χ1) is 11.5. The predicted molar refractivity (Wildman–Crippen MR) is 87.1 cm³/mol. The number of carbonyl (C=O) groups is 2. The summed E-state index contributed by atoms with van der Waals surface area (Å²) in [7, 11) is 0. The van der Waals surface area contributed by atoms with Gasteiger partial charge in [0.25, 0.3) is 0 Å². The Morgan fingerprint density at radius 3 is 2.25 bits per heavy atom. The van der Waals surface area contributed by atoms with E-state index in [0.29, 0.717) is 12.5 Å². The molecule has 0 radical (unpaired) electrons. The number of carbonyl (C=O) groups excluding carboxylic acids is 1. The van der Waals surface area contributed by atoms with Crippen LogP contribution in [0, 0.1) is 11.7 Å². The fraction of sp³-hybridized carbons (Fsp3) is 0.263. The summed E-state index contributed by atoms with van der Waals surface area (Å²) in [4.78, 5) is 22.9. The van der Waals surface area contributed by atoms with Gasteiger partial charge in [-0.25, -0.2) is 9.18 Å². The van der Waals surface area contributed by atoms with Crippen molar-refractivity contribution in [2.75, 3.05) is 0 Å². The van der Waals surface area contributed by atoms with Gasteiger partial charge in [-0.2, -0.15) is 0 Å². The maximum atomic E-state index is 12.9. The smallest absolute Gasteiger partial charge is 0.335 e. The van der Waals surface area contributed by atoms with E-state index in [1.807, 2.05) is 0 Å². The van der Waals surface area contributed by atoms with Crippen LogP contribution in [0.4, 0.5) is 4.39 Å². The van der Waals surface area contributed by atoms with Gasteiger partial charge in [0, 0.05) is 12.5 Å². The molecule has 0 spiro atoms. The van der Waals surface area contributed by atoms with Gasteiger partial charge in [-0.1, -0.05) is 24.3 Å². The van der Waals surface area contributed by atoms with Crippen molar-refractivity contribution in [3.8, 4) is 0 Å². The molecule has 0 atom stereocenters. The molecule has 0 bridgehead atoms. The van der Waals surface area contributed by atoms with Gasteiger partial charge >= 0.3 is 5.97 Å². The molecular weight excluding hydrogens is 309 g/mol. The standard InChI is InChI=1S/C19H18FNO3/c20-17-7-5-13(6-8-17)15-9-16(10-15)18(22)21-11-12-1-3-14(4-2-12)19(23)24/h1-8,15-16H,9-11H2,(H,21,22)(H,23,24). The molecule has 2 N–H and O–H groups in total. The molecule has 1 aliphatic rings. The van der Waals surface area contributed by atoms with E-state index in [2.05, 4.69) is 5.32 Å². The third-order valence-electron chi connectivity index (χ3n) is 4.52. The second-order valence-corrected chi connectivity index (χ2v) is 6.14. The van der Waals surface area contributed by atoms with E-state index in [9.17, 15) is 14.0 Å². The number of amides is 1. The summed E-state index contributed by atoms with van der Waals surface area (Å²) in [6, 6.07) is 12.9. The van der Waals surface area contributed by atoms with Gasteiger partial charge in [0.15, 0.2) is 0 Å². The van der Waals surface area contributed by atoms with Gasteiger partial charge in [-0.15, -0.1) is 0 Å². The molecule has 1 saturated carbocycles. The number of halogens is 1. The fourth-order valence-corrected chi connectivity index (χ4v) is 2.94. The Hall–Kier alpha value is -2.69. The van der Waals surface area contributed by atoms with Crippen molar-refractivity contribution in [3.63, 3.8) is 0 Å². The summed E-state index contributed by atoms with van der Waals surface area (Å²) < 4.78 is 12.9. The summed E-state index contributed by atoms with van der Waals surface area (Å²) in [5.41, 5.74) is 2.17. The van der Waals surface area contributed by atoms with E-state index in [1.165, 1.54) is 24.3 Å². The number of benzene rings is 2. The molecule has 0 aromatic heterocycles. The highest BCUT2D eigenvalue weighted by molar-refractivity contribution is 5.87. The van der Waals surface area contributed by atoms with Crippen LogP contribution >= 0.6 is 0 Å². The number of hydrogen-bond donors (Lipinski definition) is 2. The summed E-state index contributed by atoms with van der Waals surface area (Å²) in [5, 5.41) is 11.7. The second-order valence-electron chi connectivity index (χ2n) is 6.14. The van der Waals surface area contributed by atoms with Crippen molar-refractivity contribution in [2.45, 2.75) is 25.3 Å². The lowest BCUT2D eigenvalue weighted by molar-refractivity contribution is -0.128. The predicted octanol–water partition coefficient (Wildman–Crippen LogP) is 3.33. The Labute approximate surface area is 139 Å². The normalized spacial score (nSPS) is 19.4. The van der Waals surface area contributed by atoms with E-state index < -0.39 is 5.97 Å². The highest BCUT2D eigenvalue weighted by Crippen LogP contribution is 2.41. The molecule has 3 rings (SSSR count). The van der Waals surface area contributed by atoms with Gasteiger partial charge in [-0.3, -0.25) is 4.79 Å². The van der Waals surface area contributed by atoms with Crippen LogP contribution in [-0.4, -0.2) is 17.0 Å². The zero-order valence-corrected chi connectivity index (χ0v) is 13.0. The number of aromatic carboxylic acids is 1. The molecule has 124 valence electrons. The molecule has 0 heterocycles. The van der Waals surface area contributed by atoms with Crippen molar-refractivity contribution in [1.82, 2.24) is 5.32 Å². The molecule has 24 heavy (non-hydrogen) atoms. The number of nitrogens with one attached hydrogen (secondary N) is 1. The zero-order valence-electron chi connectivity index (χ0n) is 13.0. The molecule has 1 aliphatic carbocycles. The van der Waals surface area contributed by atoms with Gasteiger partial charge in [0.2, 0.25) is 5.91 Å². The van der Waals surface area contributed by atoms with Crippen LogP contribution in [0.15, 0.2) is 48.5 Å². The molecule has 0 unspecified atom stereocenters. The molecule has 5 heteroatoms. The van der Waals surface area contributed by atoms with E-state index in [0.717, 1.165) is 24.0 Å². The van der Waals surface area contributed by atoms with Crippen molar-refractivity contribution in [3.05, 3.63) is 71.0 Å². The quantitative estimate of drug-likeness (QED) is 0.885. The number of carboxylic acids is 1. The van der Waals surface area contributed by atoms with Crippen LogP contribution in [-0.2, 0) is 11.3 Å². The molecule has 1 amide bonds. The average molecular weight is 327 g/mol. The summed E-state index contributed by atoms with van der Waals surface area (Å²) >= 11 is 0. The second kappa shape index (κ2) is 6.83. The van der Waals surface area contributed by atoms with Crippen molar-refractivity contribution in [2.24, 2.45) is 5.92 Å². The van der Waals surface area contributed by atoms with Gasteiger partial charge in [0.05, 0.1) is 5.56 Å². The molecule has 1 fully saturated rings. The van der Waals surface area contributed by atoms with Crippen LogP contribution in [0.1, 0.15) is 40.2 Å². The Morgan fingerprint density at radius 1 is 1.04 bits per heavy atom. The SMILES string of the molecule is O=C(O)c1ccc(CNC(=O)C2CC(c3ccc(F)cc3)C2)cc1. The van der Waals surface area contributed by atoms with Crippen LogP contribution < -0.4 is 5.32 Å². The lowest BCUT2D eigenvalue weighted by atomic mass is 9.71. The first kappa shape index (κ1) is 16.2. The number of rotatable bonds is 5. The highest BCUT2D eigenvalue weighted by Gasteiger charge is 2.35. The number of hydrogen-bond acceptors (Lipinski definition) is 2. The average Bonchev–Trinajstić information content (AvgIpc) is 2.53. The molecule has 2 aromatic carbocycles. The topological polar surface area (TPSA) is 66.4 Å². The monoisotopic (exact) mass is 327 g/mol. The van der Waals surface area contributed by atoms with E-state index >= 15 is 0 Å². The van der Waals surface area contributed by atoms with E-state index in [1.54, 1.807) is 24.3 Å². The van der Waals surface area contributed by atoms with Gasteiger partial charge in [-0.05, 0) is 54.2 Å². The lowest BCUT2D eigenvalue weighted by Gasteiger charge is -2.34. The number of carboxylic acid groups (broad SMARTS) is 1. The van der Waals surface area contributed by atoms with Crippen molar-refractivity contribution >= 4 is 11.9 Å². The Balaban J connectivity index is 1.47. The summed E-state index contributed by atoms with van der Waals surface area (Å²) in [5.74, 6) is -0.904. The Kier molecular flexibility index (Phi) is 4.60. The first-order valence-corrected chi connectivity index (χ1v) is 7.88. The third-order valence-corrected chi connectivity index (χ3v) is 4.52. The zero-order chi connectivity index (χ0) is 17.1. The minimum absolute atomic E-state index is 0.00988. The van der Waals surface area contributed by atoms with Crippen LogP contribution in [0.5, 0.6) is 0 Å². The lowest BCUT2D eigenvalue weighted by Crippen LogP contribution is -2.37. The maximum absolute atomic E-state index is 12.9. The molecule has 4 nitrogen and oxygen atoms in total.